The molecule has 0 saturated carbocycles. The zero-order valence-corrected chi connectivity index (χ0v) is 15.8. The normalized spacial score (nSPS) is 13.8. The van der Waals surface area contributed by atoms with Gasteiger partial charge in [-0.05, 0) is 36.6 Å². The number of allylic oxidation sites excluding steroid dienone is 4. The van der Waals surface area contributed by atoms with E-state index in [9.17, 15) is 19.1 Å². The Labute approximate surface area is 161 Å². The molecule has 1 aromatic heterocycles. The van der Waals surface area contributed by atoms with E-state index in [0.29, 0.717) is 30.8 Å². The molecule has 28 heavy (non-hydrogen) atoms. The minimum atomic E-state index is -1.10. The van der Waals surface area contributed by atoms with Gasteiger partial charge in [0.1, 0.15) is 18.1 Å². The highest BCUT2D eigenvalue weighted by Crippen LogP contribution is 2.31. The Kier molecular flexibility index (Phi) is 5.82. The molecule has 1 aliphatic carbocycles. The second-order valence-electron chi connectivity index (χ2n) is 6.54. The van der Waals surface area contributed by atoms with Crippen LogP contribution in [0.5, 0.6) is 5.75 Å². The van der Waals surface area contributed by atoms with Gasteiger partial charge in [0, 0.05) is 18.2 Å². The average molecular weight is 387 g/mol. The van der Waals surface area contributed by atoms with Gasteiger partial charge in [-0.2, -0.15) is 0 Å². The molecular weight excluding hydrogens is 365 g/mol. The van der Waals surface area contributed by atoms with Gasteiger partial charge in [-0.25, -0.2) is 4.39 Å². The summed E-state index contributed by atoms with van der Waals surface area (Å²) < 4.78 is 26.9. The summed E-state index contributed by atoms with van der Waals surface area (Å²) >= 11 is 0. The molecule has 148 valence electrons. The van der Waals surface area contributed by atoms with E-state index in [1.165, 1.54) is 22.9 Å². The molecule has 2 aromatic rings. The van der Waals surface area contributed by atoms with Gasteiger partial charge in [-0.3, -0.25) is 9.59 Å². The number of methoxy groups -OCH3 is 1. The third kappa shape index (κ3) is 3.78. The molecule has 1 aliphatic rings. The minimum Gasteiger partial charge on any atom is -0.501 e. The van der Waals surface area contributed by atoms with Crippen molar-refractivity contribution in [3.8, 4) is 5.75 Å². The monoisotopic (exact) mass is 387 g/mol. The van der Waals surface area contributed by atoms with Gasteiger partial charge in [0.05, 0.1) is 30.4 Å². The Balaban J connectivity index is 2.28. The lowest BCUT2D eigenvalue weighted by atomic mass is 9.96. The molecule has 0 atom stereocenters. The number of rotatable bonds is 7. The third-order valence-corrected chi connectivity index (χ3v) is 4.62. The van der Waals surface area contributed by atoms with Crippen molar-refractivity contribution in [3.05, 3.63) is 57.8 Å². The molecule has 6 nitrogen and oxygen atoms in total. The zero-order chi connectivity index (χ0) is 20.3. The smallest absolute Gasteiger partial charge is 0.323 e. The van der Waals surface area contributed by atoms with Crippen molar-refractivity contribution in [2.75, 3.05) is 13.7 Å². The number of nitrogens with zero attached hydrogens (tertiary/aromatic N) is 1. The van der Waals surface area contributed by atoms with Gasteiger partial charge < -0.3 is 19.1 Å². The maximum atomic E-state index is 14.7. The Morgan fingerprint density at radius 2 is 2.07 bits per heavy atom. The van der Waals surface area contributed by atoms with Crippen LogP contribution in [0.2, 0.25) is 0 Å². The van der Waals surface area contributed by atoms with Crippen molar-refractivity contribution in [1.29, 1.82) is 0 Å². The first-order valence-corrected chi connectivity index (χ1v) is 9.10. The van der Waals surface area contributed by atoms with Crippen LogP contribution in [0.4, 0.5) is 4.39 Å². The molecule has 0 spiro atoms. The van der Waals surface area contributed by atoms with E-state index in [1.54, 1.807) is 19.3 Å². The topological polar surface area (TPSA) is 77.8 Å². The van der Waals surface area contributed by atoms with Crippen LogP contribution < -0.4 is 10.2 Å². The lowest BCUT2D eigenvalue weighted by Crippen LogP contribution is -2.20. The van der Waals surface area contributed by atoms with Crippen molar-refractivity contribution < 1.29 is 23.8 Å². The first-order valence-electron chi connectivity index (χ1n) is 9.10. The summed E-state index contributed by atoms with van der Waals surface area (Å²) in [6, 6.07) is 2.61. The van der Waals surface area contributed by atoms with E-state index in [1.807, 2.05) is 6.92 Å². The van der Waals surface area contributed by atoms with Gasteiger partial charge in [-0.15, -0.1) is 0 Å². The Hall–Kier alpha value is -3.09. The van der Waals surface area contributed by atoms with Crippen molar-refractivity contribution in [3.63, 3.8) is 0 Å². The highest BCUT2D eigenvalue weighted by atomic mass is 19.1. The Bertz CT molecular complexity index is 1040. The van der Waals surface area contributed by atoms with Gasteiger partial charge in [-0.1, -0.05) is 13.0 Å². The fraction of sp³-hybridized carbons (Fsp3) is 0.333. The minimum absolute atomic E-state index is 0.158. The summed E-state index contributed by atoms with van der Waals surface area (Å²) in [5.74, 6) is -0.714. The molecule has 3 rings (SSSR count). The lowest BCUT2D eigenvalue weighted by Gasteiger charge is -2.18. The van der Waals surface area contributed by atoms with Crippen LogP contribution >= 0.6 is 0 Å². The van der Waals surface area contributed by atoms with Crippen molar-refractivity contribution in [1.82, 2.24) is 4.57 Å². The number of aromatic nitrogens is 1. The fourth-order valence-corrected chi connectivity index (χ4v) is 3.30. The molecule has 1 heterocycles. The molecule has 0 fully saturated rings. The van der Waals surface area contributed by atoms with Crippen molar-refractivity contribution in [2.45, 2.75) is 32.7 Å². The van der Waals surface area contributed by atoms with E-state index in [0.717, 1.165) is 12.2 Å². The van der Waals surface area contributed by atoms with E-state index in [2.05, 4.69) is 0 Å². The van der Waals surface area contributed by atoms with Crippen LogP contribution in [0.15, 0.2) is 41.0 Å². The predicted octanol–water partition coefficient (Wildman–Crippen LogP) is 3.72. The van der Waals surface area contributed by atoms with E-state index in [-0.39, 0.29) is 16.5 Å². The van der Waals surface area contributed by atoms with Crippen molar-refractivity contribution >= 4 is 22.4 Å². The third-order valence-electron chi connectivity index (χ3n) is 4.62. The number of carbonyl (C=O) groups is 1. The van der Waals surface area contributed by atoms with Crippen LogP contribution in [-0.2, 0) is 16.1 Å². The fourth-order valence-electron chi connectivity index (χ4n) is 3.30. The molecule has 0 bridgehead atoms. The number of carboxylic acid groups (broad SMARTS) is 1. The second kappa shape index (κ2) is 8.29. The SMILES string of the molecule is CCCOc1ccc(F)c2c(=O)c(C3=CC=C(OC)CC3)cn(CC(=O)O)c12. The van der Waals surface area contributed by atoms with Crippen LogP contribution in [-0.4, -0.2) is 29.4 Å². The van der Waals surface area contributed by atoms with Crippen LogP contribution in [0, 0.1) is 5.82 Å². The lowest BCUT2D eigenvalue weighted by molar-refractivity contribution is -0.137. The number of fused-ring (bicyclic) bond motifs is 1. The molecule has 1 N–H and O–H groups in total. The maximum absolute atomic E-state index is 14.7. The average Bonchev–Trinajstić information content (AvgIpc) is 2.69. The van der Waals surface area contributed by atoms with Gasteiger partial charge in [0.2, 0.25) is 0 Å². The summed E-state index contributed by atoms with van der Waals surface area (Å²) in [6.07, 6.45) is 6.88. The Morgan fingerprint density at radius 3 is 2.68 bits per heavy atom. The molecule has 7 heteroatoms. The van der Waals surface area contributed by atoms with Crippen LogP contribution in [0.1, 0.15) is 31.7 Å². The summed E-state index contributed by atoms with van der Waals surface area (Å²) in [6.45, 7) is 1.88. The first-order chi connectivity index (χ1) is 13.5. The van der Waals surface area contributed by atoms with E-state index < -0.39 is 23.8 Å². The summed E-state index contributed by atoms with van der Waals surface area (Å²) in [4.78, 5) is 24.5. The quantitative estimate of drug-likeness (QED) is 0.783. The second-order valence-corrected chi connectivity index (χ2v) is 6.54. The molecule has 0 unspecified atom stereocenters. The number of hydrogen-bond acceptors (Lipinski definition) is 4. The number of aliphatic carboxylic acids is 1. The predicted molar refractivity (Wildman–Crippen MR) is 104 cm³/mol. The number of carboxylic acids is 1. The van der Waals surface area contributed by atoms with Gasteiger partial charge in [0.15, 0.2) is 5.43 Å². The summed E-state index contributed by atoms with van der Waals surface area (Å²) in [7, 11) is 1.58. The highest BCUT2D eigenvalue weighted by Gasteiger charge is 2.21. The summed E-state index contributed by atoms with van der Waals surface area (Å²) in [5, 5.41) is 9.17. The molecule has 0 radical (unpaired) electrons. The largest absolute Gasteiger partial charge is 0.501 e. The highest BCUT2D eigenvalue weighted by molar-refractivity contribution is 5.89. The maximum Gasteiger partial charge on any atom is 0.323 e. The van der Waals surface area contributed by atoms with Gasteiger partial charge >= 0.3 is 5.97 Å². The van der Waals surface area contributed by atoms with Crippen LogP contribution in [0.3, 0.4) is 0 Å². The molecule has 1 aromatic carbocycles. The molecule has 0 saturated heterocycles. The number of hydrogen-bond donors (Lipinski definition) is 1. The molecule has 0 aliphatic heterocycles. The molecule has 0 amide bonds. The standard InChI is InChI=1S/C21H22FNO5/c1-3-10-28-17-9-8-16(22)19-20(17)23(12-18(24)25)11-15(21(19)26)13-4-6-14(27-2)7-5-13/h4,6,8-9,11H,3,5,7,10,12H2,1-2H3,(H,24,25). The number of pyridine rings is 1. The van der Waals surface area contributed by atoms with Gasteiger partial charge in [0.25, 0.3) is 0 Å². The number of benzene rings is 1. The number of halogens is 1. The Morgan fingerprint density at radius 1 is 1.29 bits per heavy atom. The van der Waals surface area contributed by atoms with E-state index in [4.69, 9.17) is 9.47 Å². The van der Waals surface area contributed by atoms with Crippen molar-refractivity contribution in [2.24, 2.45) is 0 Å². The molecular formula is C21H22FNO5. The zero-order valence-electron chi connectivity index (χ0n) is 15.8. The van der Waals surface area contributed by atoms with Crippen LogP contribution in [0.25, 0.3) is 16.5 Å². The summed E-state index contributed by atoms with van der Waals surface area (Å²) in [5.41, 5.74) is 0.684. The number of ether oxygens (including phenoxy) is 2. The first kappa shape index (κ1) is 19.7. The van der Waals surface area contributed by atoms with E-state index >= 15 is 0 Å².